The van der Waals surface area contributed by atoms with E-state index in [2.05, 4.69) is 16.7 Å². The van der Waals surface area contributed by atoms with Gasteiger partial charge in [0, 0.05) is 32.2 Å². The molecule has 0 saturated carbocycles. The van der Waals surface area contributed by atoms with Crippen LogP contribution in [0.15, 0.2) is 29.8 Å². The molecule has 35 heavy (non-hydrogen) atoms. The van der Waals surface area contributed by atoms with Crippen molar-refractivity contribution in [1.82, 2.24) is 20.4 Å². The molecule has 0 aromatic heterocycles. The molecule has 0 spiro atoms. The van der Waals surface area contributed by atoms with Gasteiger partial charge in [0.25, 0.3) is 5.91 Å². The molecule has 2 aliphatic rings. The van der Waals surface area contributed by atoms with Crippen molar-refractivity contribution in [3.05, 3.63) is 46.8 Å². The predicted octanol–water partition coefficient (Wildman–Crippen LogP) is 2.90. The van der Waals surface area contributed by atoms with Gasteiger partial charge in [0.1, 0.15) is 11.9 Å². The Morgan fingerprint density at radius 3 is 2.69 bits per heavy atom. The number of rotatable bonds is 3. The first-order valence-corrected chi connectivity index (χ1v) is 12.7. The summed E-state index contributed by atoms with van der Waals surface area (Å²) in [5, 5.41) is 6.11. The average molecular weight is 487 g/mol. The lowest BCUT2D eigenvalue weighted by atomic mass is 10.0. The highest BCUT2D eigenvalue weighted by Crippen LogP contribution is 2.23. The quantitative estimate of drug-likeness (QED) is 0.644. The number of amides is 3. The van der Waals surface area contributed by atoms with Crippen LogP contribution in [0.2, 0.25) is 0 Å². The van der Waals surface area contributed by atoms with E-state index in [9.17, 15) is 18.8 Å². The third kappa shape index (κ3) is 7.37. The Morgan fingerprint density at radius 1 is 1.20 bits per heavy atom. The van der Waals surface area contributed by atoms with E-state index >= 15 is 0 Å². The monoisotopic (exact) mass is 486 g/mol. The zero-order valence-electron chi connectivity index (χ0n) is 21.4. The number of hydrogen-bond acceptors (Lipinski definition) is 4. The molecule has 1 saturated heterocycles. The van der Waals surface area contributed by atoms with E-state index < -0.39 is 17.8 Å². The molecule has 8 heteroatoms. The molecule has 7 nitrogen and oxygen atoms in total. The second-order valence-electron chi connectivity index (χ2n) is 10.3. The largest absolute Gasteiger partial charge is 0.355 e. The molecular weight excluding hydrogens is 447 g/mol. The SMILES string of the molecule is CC(C)=CCN1CC(=O)NCCCc2ccc(F)c(c2)C(=O)N2CCC[C@H]2C(=O)N[C@H](C(C)C)C1. The summed E-state index contributed by atoms with van der Waals surface area (Å²) in [5.74, 6) is -1.18. The minimum absolute atomic E-state index is 0.00357. The Morgan fingerprint density at radius 2 is 1.97 bits per heavy atom. The second-order valence-corrected chi connectivity index (χ2v) is 10.3. The predicted molar refractivity (Wildman–Crippen MR) is 134 cm³/mol. The molecule has 2 heterocycles. The molecule has 0 radical (unpaired) electrons. The van der Waals surface area contributed by atoms with Crippen molar-refractivity contribution in [2.75, 3.05) is 32.7 Å². The molecule has 0 unspecified atom stereocenters. The molecule has 2 atom stereocenters. The molecule has 3 amide bonds. The number of allylic oxidation sites excluding steroid dienone is 1. The van der Waals surface area contributed by atoms with Crippen LogP contribution in [-0.2, 0) is 16.0 Å². The van der Waals surface area contributed by atoms with E-state index in [0.29, 0.717) is 51.9 Å². The van der Waals surface area contributed by atoms with Crippen LogP contribution in [0.1, 0.15) is 62.9 Å². The fourth-order valence-electron chi connectivity index (χ4n) is 4.60. The minimum Gasteiger partial charge on any atom is -0.355 e. The summed E-state index contributed by atoms with van der Waals surface area (Å²) >= 11 is 0. The van der Waals surface area contributed by atoms with Gasteiger partial charge in [-0.25, -0.2) is 4.39 Å². The number of benzene rings is 1. The smallest absolute Gasteiger partial charge is 0.257 e. The van der Waals surface area contributed by atoms with Crippen LogP contribution in [-0.4, -0.2) is 72.3 Å². The standard InChI is InChI=1S/C27H39FN4O3/c1-18(2)11-14-31-16-23(19(3)4)30-26(34)24-8-6-13-32(24)27(35)21-15-20(9-10-22(21)28)7-5-12-29-25(33)17-31/h9-11,15,19,23-24H,5-8,12-14,16-17H2,1-4H3,(H,29,33)(H,30,34)/t23-,24-/m0/s1. The third-order valence-corrected chi connectivity index (χ3v) is 6.75. The first kappa shape index (κ1) is 26.9. The van der Waals surface area contributed by atoms with Crippen LogP contribution in [0.25, 0.3) is 0 Å². The number of halogens is 1. The van der Waals surface area contributed by atoms with Crippen LogP contribution < -0.4 is 10.6 Å². The maximum atomic E-state index is 14.6. The third-order valence-electron chi connectivity index (χ3n) is 6.75. The Labute approximate surface area is 208 Å². The van der Waals surface area contributed by atoms with Crippen LogP contribution in [0, 0.1) is 11.7 Å². The zero-order chi connectivity index (χ0) is 25.5. The summed E-state index contributed by atoms with van der Waals surface area (Å²) < 4.78 is 14.6. The van der Waals surface area contributed by atoms with Crippen LogP contribution >= 0.6 is 0 Å². The lowest BCUT2D eigenvalue weighted by Crippen LogP contribution is -2.54. The van der Waals surface area contributed by atoms with Crippen molar-refractivity contribution in [2.45, 2.75) is 65.5 Å². The Hall–Kier alpha value is -2.74. The Balaban J connectivity index is 1.90. The van der Waals surface area contributed by atoms with Gasteiger partial charge in [-0.1, -0.05) is 31.6 Å². The lowest BCUT2D eigenvalue weighted by Gasteiger charge is -2.32. The van der Waals surface area contributed by atoms with Crippen molar-refractivity contribution < 1.29 is 18.8 Å². The molecule has 1 aromatic carbocycles. The summed E-state index contributed by atoms with van der Waals surface area (Å²) in [6.45, 7) is 10.4. The summed E-state index contributed by atoms with van der Waals surface area (Å²) in [7, 11) is 0. The summed E-state index contributed by atoms with van der Waals surface area (Å²) in [5.41, 5.74) is 2.00. The van der Waals surface area contributed by atoms with Crippen LogP contribution in [0.5, 0.6) is 0 Å². The fraction of sp³-hybridized carbons (Fsp3) is 0.593. The fourth-order valence-corrected chi connectivity index (χ4v) is 4.60. The summed E-state index contributed by atoms with van der Waals surface area (Å²) in [6.07, 6.45) is 4.62. The Bertz CT molecular complexity index is 958. The van der Waals surface area contributed by atoms with E-state index in [0.717, 1.165) is 11.1 Å². The van der Waals surface area contributed by atoms with Crippen molar-refractivity contribution >= 4 is 17.7 Å². The molecule has 2 bridgehead atoms. The van der Waals surface area contributed by atoms with Crippen molar-refractivity contribution in [1.29, 1.82) is 0 Å². The van der Waals surface area contributed by atoms with Crippen molar-refractivity contribution in [2.24, 2.45) is 5.92 Å². The minimum atomic E-state index is -0.628. The van der Waals surface area contributed by atoms with Gasteiger partial charge in [-0.3, -0.25) is 19.3 Å². The molecule has 192 valence electrons. The number of carbonyl (C=O) groups excluding carboxylic acids is 3. The molecule has 1 aromatic rings. The molecule has 2 N–H and O–H groups in total. The van der Waals surface area contributed by atoms with Gasteiger partial charge < -0.3 is 15.5 Å². The zero-order valence-corrected chi connectivity index (χ0v) is 21.4. The van der Waals surface area contributed by atoms with E-state index in [-0.39, 0.29) is 35.9 Å². The highest BCUT2D eigenvalue weighted by molar-refractivity contribution is 5.98. The highest BCUT2D eigenvalue weighted by atomic mass is 19.1. The molecule has 1 fully saturated rings. The Kier molecular flexibility index (Phi) is 9.43. The number of hydrogen-bond donors (Lipinski definition) is 2. The number of nitrogens with zero attached hydrogens (tertiary/aromatic N) is 2. The molecular formula is C27H39FN4O3. The molecule has 2 aliphatic heterocycles. The van der Waals surface area contributed by atoms with Crippen molar-refractivity contribution in [3.8, 4) is 0 Å². The summed E-state index contributed by atoms with van der Waals surface area (Å²) in [4.78, 5) is 42.9. The highest BCUT2D eigenvalue weighted by Gasteiger charge is 2.36. The number of fused-ring (bicyclic) bond motifs is 3. The topological polar surface area (TPSA) is 81.8 Å². The normalized spacial score (nSPS) is 22.9. The number of carbonyl (C=O) groups is 3. The first-order chi connectivity index (χ1) is 16.7. The van der Waals surface area contributed by atoms with Crippen LogP contribution in [0.3, 0.4) is 0 Å². The summed E-state index contributed by atoms with van der Waals surface area (Å²) in [6, 6.07) is 3.75. The van der Waals surface area contributed by atoms with Gasteiger partial charge in [-0.05, 0) is 63.1 Å². The van der Waals surface area contributed by atoms with Gasteiger partial charge in [0.2, 0.25) is 11.8 Å². The van der Waals surface area contributed by atoms with Crippen LogP contribution in [0.4, 0.5) is 4.39 Å². The molecule has 0 aliphatic carbocycles. The van der Waals surface area contributed by atoms with Gasteiger partial charge in [-0.15, -0.1) is 0 Å². The number of nitrogens with one attached hydrogen (secondary N) is 2. The lowest BCUT2D eigenvalue weighted by molar-refractivity contribution is -0.126. The molecule has 3 rings (SSSR count). The van der Waals surface area contributed by atoms with Gasteiger partial charge in [-0.2, -0.15) is 0 Å². The number of aryl methyl sites for hydroxylation is 1. The van der Waals surface area contributed by atoms with Crippen molar-refractivity contribution in [3.63, 3.8) is 0 Å². The maximum Gasteiger partial charge on any atom is 0.257 e. The van der Waals surface area contributed by atoms with E-state index in [1.54, 1.807) is 12.1 Å². The van der Waals surface area contributed by atoms with Gasteiger partial charge in [0.05, 0.1) is 12.1 Å². The van der Waals surface area contributed by atoms with E-state index in [1.807, 2.05) is 32.6 Å². The maximum absolute atomic E-state index is 14.6. The van der Waals surface area contributed by atoms with E-state index in [4.69, 9.17) is 0 Å². The second kappa shape index (κ2) is 12.3. The van der Waals surface area contributed by atoms with Gasteiger partial charge >= 0.3 is 0 Å². The first-order valence-electron chi connectivity index (χ1n) is 12.7. The van der Waals surface area contributed by atoms with E-state index in [1.165, 1.54) is 11.0 Å². The van der Waals surface area contributed by atoms with Gasteiger partial charge in [0.15, 0.2) is 0 Å². The average Bonchev–Trinajstić information content (AvgIpc) is 3.29.